The fourth-order valence-corrected chi connectivity index (χ4v) is 2.81. The summed E-state index contributed by atoms with van der Waals surface area (Å²) in [4.78, 5) is 23.0. The van der Waals surface area contributed by atoms with Gasteiger partial charge >= 0.3 is 5.97 Å². The van der Waals surface area contributed by atoms with Gasteiger partial charge in [-0.1, -0.05) is 0 Å². The van der Waals surface area contributed by atoms with Gasteiger partial charge < -0.3 is 14.6 Å². The third kappa shape index (κ3) is 4.36. The van der Waals surface area contributed by atoms with Crippen LogP contribution in [-0.2, 0) is 14.3 Å². The first kappa shape index (κ1) is 18.0. The highest BCUT2D eigenvalue weighted by Gasteiger charge is 2.24. The molecule has 1 aliphatic heterocycles. The monoisotopic (exact) mass is 413 g/mol. The molecule has 2 N–H and O–H groups in total. The number of esters is 1. The predicted molar refractivity (Wildman–Crippen MR) is 93.2 cm³/mol. The normalized spacial score (nSPS) is 17.5. The number of thioether (sulfide) groups is 1. The van der Waals surface area contributed by atoms with Crippen molar-refractivity contribution in [1.29, 1.82) is 0 Å². The van der Waals surface area contributed by atoms with Crippen molar-refractivity contribution in [1.82, 2.24) is 5.32 Å². The Balaban J connectivity index is 2.13. The molecule has 1 aliphatic rings. The number of halogens is 1. The van der Waals surface area contributed by atoms with Gasteiger partial charge in [0.25, 0.3) is 5.91 Å². The van der Waals surface area contributed by atoms with Crippen LogP contribution in [0, 0.1) is 0 Å². The van der Waals surface area contributed by atoms with Crippen LogP contribution < -0.4 is 10.1 Å². The summed E-state index contributed by atoms with van der Waals surface area (Å²) in [6.07, 6.45) is 2.50. The maximum Gasteiger partial charge on any atom is 0.331 e. The number of amides is 1. The van der Waals surface area contributed by atoms with Crippen LogP contribution in [0.5, 0.6) is 11.5 Å². The summed E-state index contributed by atoms with van der Waals surface area (Å²) >= 11 is 4.17. The van der Waals surface area contributed by atoms with Crippen molar-refractivity contribution < 1.29 is 24.2 Å². The van der Waals surface area contributed by atoms with E-state index in [1.807, 2.05) is 0 Å². The molecule has 0 atom stereocenters. The molecule has 0 unspecified atom stereocenters. The lowest BCUT2D eigenvalue weighted by molar-refractivity contribution is -0.135. The molecule has 0 saturated carbocycles. The summed E-state index contributed by atoms with van der Waals surface area (Å²) in [6, 6.07) is 3.21. The Kier molecular flexibility index (Phi) is 5.99. The molecule has 2 rings (SSSR count). The van der Waals surface area contributed by atoms with E-state index >= 15 is 0 Å². The lowest BCUT2D eigenvalue weighted by Gasteiger charge is -2.05. The van der Waals surface area contributed by atoms with Crippen molar-refractivity contribution >= 4 is 51.0 Å². The fourth-order valence-electron chi connectivity index (χ4n) is 1.61. The van der Waals surface area contributed by atoms with E-state index in [1.165, 1.54) is 20.4 Å². The average Bonchev–Trinajstić information content (AvgIpc) is 2.90. The number of phenols is 1. The molecule has 0 bridgehead atoms. The number of nitrogens with one attached hydrogen (secondary N) is 1. The Morgan fingerprint density at radius 2 is 2.17 bits per heavy atom. The summed E-state index contributed by atoms with van der Waals surface area (Å²) in [5.41, 5.74) is 0.625. The van der Waals surface area contributed by atoms with Gasteiger partial charge in [0, 0.05) is 6.08 Å². The molecule has 24 heavy (non-hydrogen) atoms. The molecule has 10 heteroatoms. The molecule has 1 heterocycles. The van der Waals surface area contributed by atoms with Crippen molar-refractivity contribution in [3.63, 3.8) is 0 Å². The van der Waals surface area contributed by atoms with E-state index in [0.29, 0.717) is 10.0 Å². The fraction of sp³-hybridized carbons (Fsp3) is 0.143. The minimum Gasteiger partial charge on any atom is -0.503 e. The highest BCUT2D eigenvalue weighted by molar-refractivity contribution is 9.10. The zero-order chi connectivity index (χ0) is 17.7. The number of nitrogens with zero attached hydrogens (tertiary/aromatic N) is 2. The van der Waals surface area contributed by atoms with Crippen LogP contribution in [0.4, 0.5) is 0 Å². The maximum atomic E-state index is 11.6. The zero-order valence-electron chi connectivity index (χ0n) is 12.6. The number of methoxy groups -OCH3 is 2. The number of phenolic OH excluding ortho intramolecular Hbond substituents is 1. The highest BCUT2D eigenvalue weighted by atomic mass is 79.9. The Morgan fingerprint density at radius 3 is 2.83 bits per heavy atom. The third-order valence-corrected chi connectivity index (χ3v) is 4.23. The number of amidine groups is 1. The van der Waals surface area contributed by atoms with Crippen LogP contribution in [0.15, 0.2) is 37.8 Å². The SMILES string of the molecule is COC(=O)/C=C1/S/C(=N\N=Cc2cc(Br)c(O)c(OC)c2)NC1=O. The lowest BCUT2D eigenvalue weighted by Crippen LogP contribution is -2.19. The zero-order valence-corrected chi connectivity index (χ0v) is 15.0. The van der Waals surface area contributed by atoms with Crippen LogP contribution in [0.25, 0.3) is 0 Å². The number of hydrogen-bond acceptors (Lipinski definition) is 8. The molecule has 1 amide bonds. The summed E-state index contributed by atoms with van der Waals surface area (Å²) in [7, 11) is 2.66. The second kappa shape index (κ2) is 7.97. The minimum atomic E-state index is -0.626. The largest absolute Gasteiger partial charge is 0.503 e. The number of aromatic hydroxyl groups is 1. The van der Waals surface area contributed by atoms with E-state index in [0.717, 1.165) is 17.8 Å². The van der Waals surface area contributed by atoms with E-state index in [4.69, 9.17) is 4.74 Å². The van der Waals surface area contributed by atoms with E-state index in [1.54, 1.807) is 12.1 Å². The molecule has 0 aliphatic carbocycles. The van der Waals surface area contributed by atoms with Crippen molar-refractivity contribution in [3.05, 3.63) is 33.2 Å². The van der Waals surface area contributed by atoms with Gasteiger partial charge in [0.1, 0.15) is 0 Å². The third-order valence-electron chi connectivity index (χ3n) is 2.73. The van der Waals surface area contributed by atoms with Gasteiger partial charge in [0.15, 0.2) is 16.7 Å². The average molecular weight is 414 g/mol. The molecule has 1 aromatic rings. The molecule has 1 fully saturated rings. The summed E-state index contributed by atoms with van der Waals surface area (Å²) in [6.45, 7) is 0. The standard InChI is InChI=1S/C14H12BrN3O5S/c1-22-9-4-7(3-8(15)12(9)20)6-16-18-14-17-13(21)10(24-14)5-11(19)23-2/h3-6,20H,1-2H3,(H,17,18,21)/b10-5+,16-6?. The molecule has 0 radical (unpaired) electrons. The van der Waals surface area contributed by atoms with Crippen LogP contribution in [0.3, 0.4) is 0 Å². The number of ether oxygens (including phenoxy) is 2. The highest BCUT2D eigenvalue weighted by Crippen LogP contribution is 2.34. The van der Waals surface area contributed by atoms with Crippen LogP contribution in [0.2, 0.25) is 0 Å². The van der Waals surface area contributed by atoms with Gasteiger partial charge in [-0.25, -0.2) is 4.79 Å². The molecule has 8 nitrogen and oxygen atoms in total. The van der Waals surface area contributed by atoms with E-state index in [2.05, 4.69) is 36.2 Å². The molecular formula is C14H12BrN3O5S. The van der Waals surface area contributed by atoms with Crippen LogP contribution in [-0.4, -0.2) is 42.6 Å². The first-order valence-corrected chi connectivity index (χ1v) is 8.02. The van der Waals surface area contributed by atoms with Crippen LogP contribution >= 0.6 is 27.7 Å². The van der Waals surface area contributed by atoms with Crippen molar-refractivity contribution in [2.75, 3.05) is 14.2 Å². The molecule has 1 aromatic carbocycles. The van der Waals surface area contributed by atoms with Gasteiger partial charge in [-0.15, -0.1) is 5.10 Å². The van der Waals surface area contributed by atoms with E-state index < -0.39 is 11.9 Å². The quantitative estimate of drug-likeness (QED) is 0.337. The molecule has 0 spiro atoms. The Morgan fingerprint density at radius 1 is 1.42 bits per heavy atom. The van der Waals surface area contributed by atoms with Crippen molar-refractivity contribution in [2.24, 2.45) is 10.2 Å². The smallest absolute Gasteiger partial charge is 0.331 e. The van der Waals surface area contributed by atoms with Crippen molar-refractivity contribution in [3.8, 4) is 11.5 Å². The lowest BCUT2D eigenvalue weighted by atomic mass is 10.2. The first-order chi connectivity index (χ1) is 11.4. The molecule has 1 saturated heterocycles. The van der Waals surface area contributed by atoms with Crippen LogP contribution in [0.1, 0.15) is 5.56 Å². The predicted octanol–water partition coefficient (Wildman–Crippen LogP) is 1.77. The number of rotatable bonds is 4. The van der Waals surface area contributed by atoms with Gasteiger partial charge in [0.2, 0.25) is 0 Å². The van der Waals surface area contributed by atoms with E-state index in [-0.39, 0.29) is 21.6 Å². The van der Waals surface area contributed by atoms with E-state index in [9.17, 15) is 14.7 Å². The topological polar surface area (TPSA) is 110 Å². The number of carbonyl (C=O) groups excluding carboxylic acids is 2. The summed E-state index contributed by atoms with van der Waals surface area (Å²) in [5, 5.41) is 20.2. The van der Waals surface area contributed by atoms with Gasteiger partial charge in [-0.2, -0.15) is 5.10 Å². The maximum absolute atomic E-state index is 11.6. The molecule has 0 aromatic heterocycles. The van der Waals surface area contributed by atoms with Crippen molar-refractivity contribution in [2.45, 2.75) is 0 Å². The number of hydrogen-bond donors (Lipinski definition) is 2. The minimum absolute atomic E-state index is 0.0165. The Hall–Kier alpha value is -2.33. The second-order valence-corrected chi connectivity index (χ2v) is 6.18. The Labute approximate surface area is 149 Å². The number of benzene rings is 1. The Bertz CT molecular complexity index is 776. The van der Waals surface area contributed by atoms with Gasteiger partial charge in [-0.05, 0) is 45.4 Å². The second-order valence-electron chi connectivity index (χ2n) is 4.29. The molecular weight excluding hydrogens is 402 g/mol. The number of carbonyl (C=O) groups is 2. The summed E-state index contributed by atoms with van der Waals surface area (Å²) < 4.78 is 9.94. The van der Waals surface area contributed by atoms with Gasteiger partial charge in [-0.3, -0.25) is 10.1 Å². The summed E-state index contributed by atoms with van der Waals surface area (Å²) in [5.74, 6) is -0.811. The van der Waals surface area contributed by atoms with Gasteiger partial charge in [0.05, 0.1) is 29.8 Å². The molecule has 126 valence electrons. The first-order valence-electron chi connectivity index (χ1n) is 6.41.